The lowest BCUT2D eigenvalue weighted by molar-refractivity contribution is -0.121. The molecular formula is C17H28N2O. The first-order chi connectivity index (χ1) is 9.61. The summed E-state index contributed by atoms with van der Waals surface area (Å²) in [5.74, 6) is 0.909. The van der Waals surface area contributed by atoms with Gasteiger partial charge in [-0.25, -0.2) is 0 Å². The van der Waals surface area contributed by atoms with E-state index in [1.165, 1.54) is 12.8 Å². The molecule has 0 radical (unpaired) electrons. The average Bonchev–Trinajstić information content (AvgIpc) is 2.44. The molecule has 0 aliphatic rings. The maximum atomic E-state index is 11.7. The first-order valence-corrected chi connectivity index (χ1v) is 7.66. The van der Waals surface area contributed by atoms with Crippen molar-refractivity contribution in [2.24, 2.45) is 11.7 Å². The van der Waals surface area contributed by atoms with E-state index in [0.717, 1.165) is 29.9 Å². The van der Waals surface area contributed by atoms with Crippen LogP contribution in [0, 0.1) is 5.92 Å². The van der Waals surface area contributed by atoms with E-state index in [0.29, 0.717) is 19.5 Å². The van der Waals surface area contributed by atoms with Crippen molar-refractivity contribution in [2.45, 2.75) is 59.0 Å². The summed E-state index contributed by atoms with van der Waals surface area (Å²) < 4.78 is 0. The van der Waals surface area contributed by atoms with Gasteiger partial charge in [0.15, 0.2) is 0 Å². The van der Waals surface area contributed by atoms with Crippen LogP contribution in [0.4, 0.5) is 0 Å². The zero-order chi connectivity index (χ0) is 14.8. The summed E-state index contributed by atoms with van der Waals surface area (Å²) in [6.07, 6.45) is 5.25. The van der Waals surface area contributed by atoms with Gasteiger partial charge in [-0.2, -0.15) is 0 Å². The third-order valence-electron chi connectivity index (χ3n) is 3.40. The number of unbranched alkanes of at least 4 members (excludes halogenated alkanes) is 2. The Balaban J connectivity index is 2.16. The lowest BCUT2D eigenvalue weighted by Gasteiger charge is -2.07. The van der Waals surface area contributed by atoms with Crippen molar-refractivity contribution in [3.8, 4) is 0 Å². The van der Waals surface area contributed by atoms with Crippen LogP contribution in [-0.4, -0.2) is 5.91 Å². The molecule has 1 aromatic rings. The molecule has 3 N–H and O–H groups in total. The number of carbonyl (C=O) groups is 1. The van der Waals surface area contributed by atoms with Crippen LogP contribution in [0.3, 0.4) is 0 Å². The van der Waals surface area contributed by atoms with E-state index >= 15 is 0 Å². The number of rotatable bonds is 9. The fourth-order valence-electron chi connectivity index (χ4n) is 2.17. The van der Waals surface area contributed by atoms with E-state index < -0.39 is 0 Å². The van der Waals surface area contributed by atoms with Crippen LogP contribution >= 0.6 is 0 Å². The van der Waals surface area contributed by atoms with E-state index in [-0.39, 0.29) is 5.91 Å². The molecule has 3 nitrogen and oxygen atoms in total. The molecule has 1 aromatic carbocycles. The van der Waals surface area contributed by atoms with Crippen LogP contribution in [0.2, 0.25) is 0 Å². The van der Waals surface area contributed by atoms with Crippen molar-refractivity contribution in [1.82, 2.24) is 5.32 Å². The number of hydrogen-bond donors (Lipinski definition) is 2. The highest BCUT2D eigenvalue weighted by Gasteiger charge is 2.02. The molecule has 0 fully saturated rings. The number of hydrogen-bond acceptors (Lipinski definition) is 2. The second-order valence-electron chi connectivity index (χ2n) is 5.79. The van der Waals surface area contributed by atoms with Gasteiger partial charge in [-0.1, -0.05) is 57.4 Å². The van der Waals surface area contributed by atoms with Crippen LogP contribution in [0.1, 0.15) is 57.1 Å². The van der Waals surface area contributed by atoms with E-state index in [9.17, 15) is 4.79 Å². The van der Waals surface area contributed by atoms with E-state index in [4.69, 9.17) is 5.73 Å². The molecule has 0 heterocycles. The SMILES string of the molecule is CC(C)CCCCCC(=O)NCc1cccc(CN)c1. The molecule has 0 aromatic heterocycles. The van der Waals surface area contributed by atoms with Crippen molar-refractivity contribution in [3.63, 3.8) is 0 Å². The molecule has 3 heteroatoms. The summed E-state index contributed by atoms with van der Waals surface area (Å²) in [6.45, 7) is 5.61. The molecule has 0 unspecified atom stereocenters. The van der Waals surface area contributed by atoms with Crippen LogP contribution in [-0.2, 0) is 17.9 Å². The molecular weight excluding hydrogens is 248 g/mol. The molecule has 0 atom stereocenters. The normalized spacial score (nSPS) is 10.8. The highest BCUT2D eigenvalue weighted by molar-refractivity contribution is 5.75. The number of carbonyl (C=O) groups excluding carboxylic acids is 1. The number of benzene rings is 1. The van der Waals surface area contributed by atoms with Gasteiger partial charge in [-0.05, 0) is 23.5 Å². The molecule has 0 saturated heterocycles. The first kappa shape index (κ1) is 16.7. The fourth-order valence-corrected chi connectivity index (χ4v) is 2.17. The summed E-state index contributed by atoms with van der Waals surface area (Å²) >= 11 is 0. The van der Waals surface area contributed by atoms with Gasteiger partial charge in [-0.3, -0.25) is 4.79 Å². The maximum absolute atomic E-state index is 11.7. The van der Waals surface area contributed by atoms with Crippen molar-refractivity contribution < 1.29 is 4.79 Å². The quantitative estimate of drug-likeness (QED) is 0.679. The van der Waals surface area contributed by atoms with E-state index in [1.54, 1.807) is 0 Å². The molecule has 1 rings (SSSR count). The van der Waals surface area contributed by atoms with Crippen LogP contribution < -0.4 is 11.1 Å². The van der Waals surface area contributed by atoms with Crippen molar-refractivity contribution in [3.05, 3.63) is 35.4 Å². The third-order valence-corrected chi connectivity index (χ3v) is 3.40. The number of nitrogens with one attached hydrogen (secondary N) is 1. The average molecular weight is 276 g/mol. The topological polar surface area (TPSA) is 55.1 Å². The zero-order valence-corrected chi connectivity index (χ0v) is 12.8. The second kappa shape index (κ2) is 9.54. The lowest BCUT2D eigenvalue weighted by atomic mass is 10.0. The van der Waals surface area contributed by atoms with Gasteiger partial charge in [0.05, 0.1) is 0 Å². The Morgan fingerprint density at radius 2 is 1.95 bits per heavy atom. The minimum Gasteiger partial charge on any atom is -0.352 e. The van der Waals surface area contributed by atoms with E-state index in [1.807, 2.05) is 24.3 Å². The first-order valence-electron chi connectivity index (χ1n) is 7.66. The summed E-state index contributed by atoms with van der Waals surface area (Å²) in [6, 6.07) is 8.04. The lowest BCUT2D eigenvalue weighted by Crippen LogP contribution is -2.22. The molecule has 0 saturated carbocycles. The van der Waals surface area contributed by atoms with E-state index in [2.05, 4.69) is 19.2 Å². The largest absolute Gasteiger partial charge is 0.352 e. The molecule has 0 spiro atoms. The Morgan fingerprint density at radius 1 is 1.20 bits per heavy atom. The van der Waals surface area contributed by atoms with Crippen molar-refractivity contribution >= 4 is 5.91 Å². The van der Waals surface area contributed by atoms with Gasteiger partial charge >= 0.3 is 0 Å². The fraction of sp³-hybridized carbons (Fsp3) is 0.588. The monoisotopic (exact) mass is 276 g/mol. The predicted molar refractivity (Wildman–Crippen MR) is 84.1 cm³/mol. The Hall–Kier alpha value is -1.35. The molecule has 0 aliphatic heterocycles. The van der Waals surface area contributed by atoms with Gasteiger partial charge < -0.3 is 11.1 Å². The molecule has 0 aliphatic carbocycles. The summed E-state index contributed by atoms with van der Waals surface area (Å²) in [5, 5.41) is 2.97. The minimum atomic E-state index is 0.146. The highest BCUT2D eigenvalue weighted by atomic mass is 16.1. The summed E-state index contributed by atoms with van der Waals surface area (Å²) in [7, 11) is 0. The number of amides is 1. The van der Waals surface area contributed by atoms with Crippen LogP contribution in [0.5, 0.6) is 0 Å². The standard InChI is InChI=1S/C17H28N2O/c1-14(2)7-4-3-5-10-17(20)19-13-16-9-6-8-15(11-16)12-18/h6,8-9,11,14H,3-5,7,10,12-13,18H2,1-2H3,(H,19,20). The molecule has 20 heavy (non-hydrogen) atoms. The summed E-state index contributed by atoms with van der Waals surface area (Å²) in [4.78, 5) is 11.7. The zero-order valence-electron chi connectivity index (χ0n) is 12.8. The maximum Gasteiger partial charge on any atom is 0.220 e. The van der Waals surface area contributed by atoms with Gasteiger partial charge in [0.1, 0.15) is 0 Å². The van der Waals surface area contributed by atoms with Crippen molar-refractivity contribution in [1.29, 1.82) is 0 Å². The van der Waals surface area contributed by atoms with Crippen LogP contribution in [0.25, 0.3) is 0 Å². The second-order valence-corrected chi connectivity index (χ2v) is 5.79. The van der Waals surface area contributed by atoms with Gasteiger partial charge in [0.2, 0.25) is 5.91 Å². The van der Waals surface area contributed by atoms with Gasteiger partial charge in [0, 0.05) is 19.5 Å². The smallest absolute Gasteiger partial charge is 0.220 e. The highest BCUT2D eigenvalue weighted by Crippen LogP contribution is 2.09. The molecule has 1 amide bonds. The number of nitrogens with two attached hydrogens (primary N) is 1. The van der Waals surface area contributed by atoms with Crippen molar-refractivity contribution in [2.75, 3.05) is 0 Å². The Kier molecular flexibility index (Phi) is 7.97. The Labute approximate surface area is 122 Å². The third kappa shape index (κ3) is 7.29. The van der Waals surface area contributed by atoms with Gasteiger partial charge in [-0.15, -0.1) is 0 Å². The molecule has 112 valence electrons. The van der Waals surface area contributed by atoms with Gasteiger partial charge in [0.25, 0.3) is 0 Å². The Morgan fingerprint density at radius 3 is 2.65 bits per heavy atom. The Bertz CT molecular complexity index is 402. The predicted octanol–water partition coefficient (Wildman–Crippen LogP) is 3.37. The minimum absolute atomic E-state index is 0.146. The summed E-state index contributed by atoms with van der Waals surface area (Å²) in [5.41, 5.74) is 7.82. The van der Waals surface area contributed by atoms with Crippen LogP contribution in [0.15, 0.2) is 24.3 Å². The molecule has 0 bridgehead atoms.